The third-order valence-electron chi connectivity index (χ3n) is 6.66. The van der Waals surface area contributed by atoms with E-state index in [9.17, 15) is 4.79 Å². The number of aromatic nitrogens is 3. The third-order valence-corrected chi connectivity index (χ3v) is 6.66. The Morgan fingerprint density at radius 3 is 2.71 bits per heavy atom. The molecule has 1 fully saturated rings. The van der Waals surface area contributed by atoms with Crippen LogP contribution >= 0.6 is 0 Å². The minimum absolute atomic E-state index is 0.0298. The molecular weight excluding hydrogens is 444 g/mol. The first kappa shape index (κ1) is 22.6. The quantitative estimate of drug-likeness (QED) is 0.384. The van der Waals surface area contributed by atoms with E-state index in [4.69, 9.17) is 15.9 Å². The van der Waals surface area contributed by atoms with Gasteiger partial charge in [0.2, 0.25) is 5.88 Å². The second kappa shape index (κ2) is 9.21. The third kappa shape index (κ3) is 4.11. The lowest BCUT2D eigenvalue weighted by molar-refractivity contribution is 0.0436. The lowest BCUT2D eigenvalue weighted by Crippen LogP contribution is -2.60. The van der Waals surface area contributed by atoms with E-state index in [-0.39, 0.29) is 35.7 Å². The van der Waals surface area contributed by atoms with Crippen LogP contribution in [0.3, 0.4) is 0 Å². The number of para-hydroxylation sites is 1. The monoisotopic (exact) mass is 472 g/mol. The summed E-state index contributed by atoms with van der Waals surface area (Å²) in [6.07, 6.45) is 5.70. The summed E-state index contributed by atoms with van der Waals surface area (Å²) >= 11 is 0. The molecule has 10 nitrogen and oxygen atoms in total. The number of benzene rings is 1. The van der Waals surface area contributed by atoms with Crippen LogP contribution in [0.5, 0.6) is 5.88 Å². The fourth-order valence-corrected chi connectivity index (χ4v) is 4.56. The van der Waals surface area contributed by atoms with Crippen LogP contribution in [0.2, 0.25) is 0 Å². The number of hydrogen-bond acceptors (Lipinski definition) is 9. The first-order chi connectivity index (χ1) is 17.0. The number of carbonyl (C=O) groups excluding carboxylic acids is 1. The maximum atomic E-state index is 13.4. The molecule has 2 aromatic heterocycles. The van der Waals surface area contributed by atoms with Gasteiger partial charge in [-0.3, -0.25) is 10.2 Å². The minimum atomic E-state index is -0.302. The van der Waals surface area contributed by atoms with Crippen LogP contribution in [-0.4, -0.2) is 56.8 Å². The number of nitrogen functional groups attached to an aromatic ring is 1. The average Bonchev–Trinajstić information content (AvgIpc) is 2.84. The van der Waals surface area contributed by atoms with Crippen LogP contribution in [0, 0.1) is 5.41 Å². The maximum Gasteiger partial charge on any atom is 0.257 e. The number of rotatable bonds is 7. The molecule has 10 heteroatoms. The summed E-state index contributed by atoms with van der Waals surface area (Å²) in [4.78, 5) is 28.1. The summed E-state index contributed by atoms with van der Waals surface area (Å²) in [5.41, 5.74) is 8.77. The molecule has 0 spiro atoms. The van der Waals surface area contributed by atoms with E-state index in [1.807, 2.05) is 36.1 Å². The van der Waals surface area contributed by atoms with Gasteiger partial charge < -0.3 is 26.0 Å². The second-order valence-corrected chi connectivity index (χ2v) is 8.81. The number of nitrogens with one attached hydrogen (secondary N) is 3. The number of carbonyl (C=O) groups is 1. The summed E-state index contributed by atoms with van der Waals surface area (Å²) in [5.74, 6) is 1.09. The average molecular weight is 473 g/mol. The fraction of sp³-hybridized carbons (Fsp3) is 0.320. The molecule has 1 amide bonds. The molecule has 5 N–H and O–H groups in total. The van der Waals surface area contributed by atoms with Crippen LogP contribution in [0.1, 0.15) is 47.7 Å². The summed E-state index contributed by atoms with van der Waals surface area (Å²) in [6.45, 7) is 1.99. The van der Waals surface area contributed by atoms with Crippen LogP contribution in [0.15, 0.2) is 48.9 Å². The van der Waals surface area contributed by atoms with Crippen molar-refractivity contribution in [3.8, 4) is 5.88 Å². The van der Waals surface area contributed by atoms with Crippen LogP contribution in [0.4, 0.5) is 17.3 Å². The van der Waals surface area contributed by atoms with Gasteiger partial charge >= 0.3 is 0 Å². The first-order valence-corrected chi connectivity index (χ1v) is 11.6. The molecule has 5 rings (SSSR count). The van der Waals surface area contributed by atoms with Gasteiger partial charge in [0, 0.05) is 29.6 Å². The molecule has 180 valence electrons. The van der Waals surface area contributed by atoms with Crippen LogP contribution in [0.25, 0.3) is 0 Å². The molecule has 1 aliphatic heterocycles. The van der Waals surface area contributed by atoms with Gasteiger partial charge in [0.15, 0.2) is 0 Å². The zero-order valence-electron chi connectivity index (χ0n) is 19.7. The van der Waals surface area contributed by atoms with Crippen molar-refractivity contribution in [1.82, 2.24) is 19.9 Å². The topological polar surface area (TPSA) is 142 Å². The normalized spacial score (nSPS) is 18.2. The van der Waals surface area contributed by atoms with E-state index in [2.05, 4.69) is 25.6 Å². The first-order valence-electron chi connectivity index (χ1n) is 11.6. The van der Waals surface area contributed by atoms with Crippen molar-refractivity contribution >= 4 is 28.9 Å². The predicted molar refractivity (Wildman–Crippen MR) is 134 cm³/mol. The smallest absolute Gasteiger partial charge is 0.257 e. The molecule has 2 aliphatic rings. The Labute approximate surface area is 203 Å². The number of hydrogen-bond donors (Lipinski definition) is 4. The zero-order chi connectivity index (χ0) is 24.5. The Morgan fingerprint density at radius 2 is 2.03 bits per heavy atom. The van der Waals surface area contributed by atoms with Crippen molar-refractivity contribution in [3.05, 3.63) is 65.6 Å². The number of ether oxygens (including phenoxy) is 1. The Morgan fingerprint density at radius 1 is 1.23 bits per heavy atom. The minimum Gasteiger partial charge on any atom is -0.481 e. The Bertz CT molecular complexity index is 1260. The molecule has 3 aromatic rings. The van der Waals surface area contributed by atoms with E-state index in [1.165, 1.54) is 13.4 Å². The maximum absolute atomic E-state index is 13.4. The lowest BCUT2D eigenvalue weighted by Gasteiger charge is -2.48. The van der Waals surface area contributed by atoms with Gasteiger partial charge in [-0.15, -0.1) is 0 Å². The van der Waals surface area contributed by atoms with Crippen molar-refractivity contribution in [2.24, 2.45) is 0 Å². The lowest BCUT2D eigenvalue weighted by atomic mass is 9.88. The van der Waals surface area contributed by atoms with E-state index < -0.39 is 0 Å². The van der Waals surface area contributed by atoms with E-state index in [1.54, 1.807) is 18.3 Å². The molecule has 1 aromatic carbocycles. The van der Waals surface area contributed by atoms with Crippen molar-refractivity contribution in [2.45, 2.75) is 44.4 Å². The van der Waals surface area contributed by atoms with E-state index >= 15 is 0 Å². The zero-order valence-corrected chi connectivity index (χ0v) is 19.7. The van der Waals surface area contributed by atoms with Crippen molar-refractivity contribution < 1.29 is 9.53 Å². The van der Waals surface area contributed by atoms with Gasteiger partial charge in [-0.25, -0.2) is 15.0 Å². The number of anilines is 3. The second-order valence-electron chi connectivity index (χ2n) is 8.81. The molecule has 0 saturated heterocycles. The van der Waals surface area contributed by atoms with Gasteiger partial charge in [0.1, 0.15) is 24.1 Å². The van der Waals surface area contributed by atoms with E-state index in [0.29, 0.717) is 28.4 Å². The highest BCUT2D eigenvalue weighted by Crippen LogP contribution is 2.35. The van der Waals surface area contributed by atoms with Gasteiger partial charge in [0.05, 0.1) is 30.0 Å². The molecule has 0 radical (unpaired) electrons. The van der Waals surface area contributed by atoms with Crippen molar-refractivity contribution in [3.63, 3.8) is 0 Å². The highest BCUT2D eigenvalue weighted by Gasteiger charge is 2.41. The van der Waals surface area contributed by atoms with E-state index in [0.717, 1.165) is 24.9 Å². The summed E-state index contributed by atoms with van der Waals surface area (Å²) in [6, 6.07) is 11.0. The molecule has 0 bridgehead atoms. The van der Waals surface area contributed by atoms with Gasteiger partial charge in [-0.2, -0.15) is 0 Å². The number of nitrogens with zero attached hydrogens (tertiary/aromatic N) is 4. The molecule has 2 unspecified atom stereocenters. The molecular formula is C25H28N8O2. The van der Waals surface area contributed by atoms with Crippen LogP contribution in [-0.2, 0) is 0 Å². The highest BCUT2D eigenvalue weighted by atomic mass is 16.5. The predicted octanol–water partition coefficient (Wildman–Crippen LogP) is 3.13. The van der Waals surface area contributed by atoms with Gasteiger partial charge in [0.25, 0.3) is 5.91 Å². The fourth-order valence-electron chi connectivity index (χ4n) is 4.56. The summed E-state index contributed by atoms with van der Waals surface area (Å²) in [5, 5.41) is 15.7. The van der Waals surface area contributed by atoms with Crippen LogP contribution < -0.4 is 21.1 Å². The molecule has 3 heterocycles. The largest absolute Gasteiger partial charge is 0.481 e. The molecule has 2 atom stereocenters. The molecule has 1 saturated carbocycles. The van der Waals surface area contributed by atoms with Crippen molar-refractivity contribution in [1.29, 1.82) is 5.41 Å². The number of methoxy groups -OCH3 is 1. The molecule has 35 heavy (non-hydrogen) atoms. The summed E-state index contributed by atoms with van der Waals surface area (Å²) < 4.78 is 5.12. The van der Waals surface area contributed by atoms with Gasteiger partial charge in [-0.1, -0.05) is 12.1 Å². The Kier molecular flexibility index (Phi) is 5.94. The Hall–Kier alpha value is -4.21. The molecule has 1 aliphatic carbocycles. The Balaban J connectivity index is 1.45. The summed E-state index contributed by atoms with van der Waals surface area (Å²) in [7, 11) is 1.54. The van der Waals surface area contributed by atoms with Gasteiger partial charge in [-0.05, 0) is 44.4 Å². The highest BCUT2D eigenvalue weighted by molar-refractivity contribution is 6.16. The van der Waals surface area contributed by atoms with Crippen molar-refractivity contribution in [2.75, 3.05) is 23.5 Å². The number of fused-ring (bicyclic) bond motifs is 1. The number of amides is 1. The SMILES string of the molecule is COc1ccc(C(=N)c2c(N)ncnc2NC(C)C2Nc3ccccc3C(=O)N2C2CCC2)cn1. The number of nitrogens with two attached hydrogens (primary N) is 1. The number of pyridine rings is 1. The standard InChI is InChI=1S/C25H28N8O2/c1-14(24-32-18-9-4-3-8-17(18)25(34)33(24)16-6-5-7-16)31-23-20(22(27)29-13-30-23)21(26)15-10-11-19(35-2)28-12-15/h3-4,8-14,16,24,26,32H,5-7H2,1-2H3,(H3,27,29,30,31).